The van der Waals surface area contributed by atoms with Crippen LogP contribution in [-0.4, -0.2) is 21.4 Å². The summed E-state index contributed by atoms with van der Waals surface area (Å²) in [6.07, 6.45) is 6.98. The van der Waals surface area contributed by atoms with Crippen LogP contribution in [0.4, 0.5) is 0 Å². The summed E-state index contributed by atoms with van der Waals surface area (Å²) >= 11 is 0. The smallest absolute Gasteiger partial charge is 0.0673 e. The van der Waals surface area contributed by atoms with Crippen molar-refractivity contribution in [2.24, 2.45) is 10.2 Å². The van der Waals surface area contributed by atoms with Gasteiger partial charge in [-0.1, -0.05) is 0 Å². The van der Waals surface area contributed by atoms with Gasteiger partial charge in [0.05, 0.1) is 11.4 Å². The quantitative estimate of drug-likeness (QED) is 0.609. The van der Waals surface area contributed by atoms with E-state index in [4.69, 9.17) is 0 Å². The first-order valence-electron chi connectivity index (χ1n) is 5.67. The van der Waals surface area contributed by atoms with E-state index < -0.39 is 0 Å². The summed E-state index contributed by atoms with van der Waals surface area (Å²) in [5, 5.41) is 8.45. The maximum absolute atomic E-state index is 4.23. The van der Waals surface area contributed by atoms with Gasteiger partial charge in [0.1, 0.15) is 0 Å². The molecule has 18 heavy (non-hydrogen) atoms. The maximum Gasteiger partial charge on any atom is 0.0673 e. The Hall–Kier alpha value is -2.36. The minimum Gasteiger partial charge on any atom is -0.265 e. The van der Waals surface area contributed by atoms with Gasteiger partial charge in [-0.25, -0.2) is 0 Å². The Bertz CT molecular complexity index is 505. The SMILES string of the molecule is CC(=N/N=C(\C)c1ccncc1)c1ccncc1. The van der Waals surface area contributed by atoms with Gasteiger partial charge in [0.25, 0.3) is 0 Å². The normalized spacial score (nSPS) is 12.6. The van der Waals surface area contributed by atoms with Crippen molar-refractivity contribution in [3.05, 3.63) is 60.2 Å². The van der Waals surface area contributed by atoms with Gasteiger partial charge in [0, 0.05) is 35.9 Å². The molecule has 90 valence electrons. The monoisotopic (exact) mass is 238 g/mol. The van der Waals surface area contributed by atoms with E-state index >= 15 is 0 Å². The highest BCUT2D eigenvalue weighted by atomic mass is 15.2. The zero-order chi connectivity index (χ0) is 12.8. The van der Waals surface area contributed by atoms with E-state index in [-0.39, 0.29) is 0 Å². The zero-order valence-electron chi connectivity index (χ0n) is 10.4. The standard InChI is InChI=1S/C14H14N4/c1-11(13-3-7-15-8-4-13)17-18-12(2)14-5-9-16-10-6-14/h3-10H,1-2H3/b17-11+,18-12?. The summed E-state index contributed by atoms with van der Waals surface area (Å²) in [5.41, 5.74) is 3.78. The summed E-state index contributed by atoms with van der Waals surface area (Å²) in [5.74, 6) is 0. The van der Waals surface area contributed by atoms with Crippen LogP contribution in [-0.2, 0) is 0 Å². The van der Waals surface area contributed by atoms with Crippen molar-refractivity contribution in [3.8, 4) is 0 Å². The van der Waals surface area contributed by atoms with E-state index in [9.17, 15) is 0 Å². The van der Waals surface area contributed by atoms with Crippen LogP contribution in [0.2, 0.25) is 0 Å². The van der Waals surface area contributed by atoms with Crippen molar-refractivity contribution in [3.63, 3.8) is 0 Å². The largest absolute Gasteiger partial charge is 0.265 e. The fourth-order valence-electron chi connectivity index (χ4n) is 1.45. The molecule has 0 aliphatic heterocycles. The van der Waals surface area contributed by atoms with Crippen molar-refractivity contribution >= 4 is 11.4 Å². The summed E-state index contributed by atoms with van der Waals surface area (Å²) < 4.78 is 0. The summed E-state index contributed by atoms with van der Waals surface area (Å²) in [6.45, 7) is 3.86. The number of hydrogen-bond donors (Lipinski definition) is 0. The number of nitrogens with zero attached hydrogens (tertiary/aromatic N) is 4. The Morgan fingerprint density at radius 2 is 1.06 bits per heavy atom. The Labute approximate surface area is 106 Å². The molecule has 0 fully saturated rings. The van der Waals surface area contributed by atoms with E-state index in [1.54, 1.807) is 24.8 Å². The van der Waals surface area contributed by atoms with Gasteiger partial charge in [-0.05, 0) is 38.1 Å². The molecule has 0 unspecified atom stereocenters. The average molecular weight is 238 g/mol. The Morgan fingerprint density at radius 3 is 1.39 bits per heavy atom. The van der Waals surface area contributed by atoms with Crippen molar-refractivity contribution in [1.82, 2.24) is 9.97 Å². The second-order valence-corrected chi connectivity index (χ2v) is 3.84. The van der Waals surface area contributed by atoms with Crippen molar-refractivity contribution in [2.75, 3.05) is 0 Å². The van der Waals surface area contributed by atoms with Crippen LogP contribution in [0, 0.1) is 0 Å². The lowest BCUT2D eigenvalue weighted by atomic mass is 10.2. The van der Waals surface area contributed by atoms with Gasteiger partial charge >= 0.3 is 0 Å². The van der Waals surface area contributed by atoms with Gasteiger partial charge in [0.2, 0.25) is 0 Å². The van der Waals surface area contributed by atoms with Crippen LogP contribution in [0.3, 0.4) is 0 Å². The maximum atomic E-state index is 4.23. The third-order valence-corrected chi connectivity index (χ3v) is 2.55. The van der Waals surface area contributed by atoms with E-state index in [2.05, 4.69) is 20.2 Å². The molecular weight excluding hydrogens is 224 g/mol. The first-order chi connectivity index (χ1) is 8.77. The fourth-order valence-corrected chi connectivity index (χ4v) is 1.45. The molecule has 0 saturated carbocycles. The number of rotatable bonds is 3. The second kappa shape index (κ2) is 5.82. The lowest BCUT2D eigenvalue weighted by molar-refractivity contribution is 1.21. The number of aromatic nitrogens is 2. The van der Waals surface area contributed by atoms with Crippen LogP contribution in [0.1, 0.15) is 25.0 Å². The van der Waals surface area contributed by atoms with Gasteiger partial charge in [-0.3, -0.25) is 9.97 Å². The molecular formula is C14H14N4. The fraction of sp³-hybridized carbons (Fsp3) is 0.143. The highest BCUT2D eigenvalue weighted by Crippen LogP contribution is 2.02. The first kappa shape index (κ1) is 12.1. The van der Waals surface area contributed by atoms with Crippen molar-refractivity contribution in [1.29, 1.82) is 0 Å². The second-order valence-electron chi connectivity index (χ2n) is 3.84. The Kier molecular flexibility index (Phi) is 3.91. The molecule has 0 saturated heterocycles. The van der Waals surface area contributed by atoms with Gasteiger partial charge < -0.3 is 0 Å². The Morgan fingerprint density at radius 1 is 0.722 bits per heavy atom. The van der Waals surface area contributed by atoms with Crippen LogP contribution >= 0.6 is 0 Å². The predicted molar refractivity (Wildman–Crippen MR) is 72.9 cm³/mol. The average Bonchev–Trinajstić information content (AvgIpc) is 2.46. The van der Waals surface area contributed by atoms with Crippen LogP contribution in [0.25, 0.3) is 0 Å². The van der Waals surface area contributed by atoms with E-state index in [1.807, 2.05) is 38.1 Å². The summed E-state index contributed by atoms with van der Waals surface area (Å²) in [6, 6.07) is 7.65. The molecule has 0 aliphatic carbocycles. The Balaban J connectivity index is 2.20. The molecule has 0 aliphatic rings. The van der Waals surface area contributed by atoms with Crippen LogP contribution in [0.15, 0.2) is 59.3 Å². The van der Waals surface area contributed by atoms with Crippen LogP contribution < -0.4 is 0 Å². The van der Waals surface area contributed by atoms with Gasteiger partial charge in [0.15, 0.2) is 0 Å². The predicted octanol–water partition coefficient (Wildman–Crippen LogP) is 2.71. The molecule has 0 atom stereocenters. The van der Waals surface area contributed by atoms with Gasteiger partial charge in [-0.2, -0.15) is 10.2 Å². The molecule has 0 aromatic carbocycles. The van der Waals surface area contributed by atoms with E-state index in [0.29, 0.717) is 0 Å². The highest BCUT2D eigenvalue weighted by Gasteiger charge is 1.97. The third kappa shape index (κ3) is 3.07. The molecule has 0 N–H and O–H groups in total. The van der Waals surface area contributed by atoms with Crippen molar-refractivity contribution in [2.45, 2.75) is 13.8 Å². The molecule has 4 heteroatoms. The molecule has 0 spiro atoms. The summed E-state index contributed by atoms with van der Waals surface area (Å²) in [7, 11) is 0. The molecule has 2 heterocycles. The molecule has 2 rings (SSSR count). The first-order valence-corrected chi connectivity index (χ1v) is 5.67. The third-order valence-electron chi connectivity index (χ3n) is 2.55. The van der Waals surface area contributed by atoms with Crippen molar-refractivity contribution < 1.29 is 0 Å². The zero-order valence-corrected chi connectivity index (χ0v) is 10.4. The lowest BCUT2D eigenvalue weighted by Crippen LogP contribution is -1.97. The van der Waals surface area contributed by atoms with E-state index in [0.717, 1.165) is 22.6 Å². The van der Waals surface area contributed by atoms with E-state index in [1.165, 1.54) is 0 Å². The summed E-state index contributed by atoms with van der Waals surface area (Å²) in [4.78, 5) is 7.95. The minimum absolute atomic E-state index is 0.866. The van der Waals surface area contributed by atoms with Crippen LogP contribution in [0.5, 0.6) is 0 Å². The minimum atomic E-state index is 0.866. The molecule has 2 aromatic rings. The highest BCUT2D eigenvalue weighted by molar-refractivity contribution is 6.01. The van der Waals surface area contributed by atoms with Gasteiger partial charge in [-0.15, -0.1) is 0 Å². The molecule has 0 radical (unpaired) electrons. The molecule has 0 amide bonds. The molecule has 4 nitrogen and oxygen atoms in total. The topological polar surface area (TPSA) is 50.5 Å². The number of hydrogen-bond acceptors (Lipinski definition) is 4. The lowest BCUT2D eigenvalue weighted by Gasteiger charge is -1.99. The number of pyridine rings is 2. The molecule has 2 aromatic heterocycles. The molecule has 0 bridgehead atoms.